The van der Waals surface area contributed by atoms with Crippen molar-refractivity contribution in [3.05, 3.63) is 23.7 Å². The molecule has 1 heterocycles. The van der Waals surface area contributed by atoms with Gasteiger partial charge in [0.05, 0.1) is 24.4 Å². The van der Waals surface area contributed by atoms with Crippen LogP contribution in [0.15, 0.2) is 23.7 Å². The normalized spacial score (nSPS) is 19.9. The lowest BCUT2D eigenvalue weighted by Crippen LogP contribution is -2.41. The van der Waals surface area contributed by atoms with E-state index in [1.807, 2.05) is 33.7 Å². The van der Waals surface area contributed by atoms with E-state index in [-0.39, 0.29) is 24.3 Å². The van der Waals surface area contributed by atoms with E-state index in [1.54, 1.807) is 7.11 Å². The van der Waals surface area contributed by atoms with E-state index in [4.69, 9.17) is 18.8 Å². The zero-order chi connectivity index (χ0) is 18.2. The second kappa shape index (κ2) is 9.40. The molecule has 0 unspecified atom stereocenters. The van der Waals surface area contributed by atoms with Gasteiger partial charge in [-0.15, -0.1) is 0 Å². The monoisotopic (exact) mass is 338 g/mol. The molecule has 1 saturated heterocycles. The lowest BCUT2D eigenvalue weighted by molar-refractivity contribution is -0.141. The summed E-state index contributed by atoms with van der Waals surface area (Å²) in [5.41, 5.74) is 0.449. The molecule has 0 spiro atoms. The predicted octanol–water partition coefficient (Wildman–Crippen LogP) is 3.48. The Bertz CT molecular complexity index is 452. The van der Waals surface area contributed by atoms with Crippen LogP contribution in [0.3, 0.4) is 0 Å². The topological polar surface area (TPSA) is 54.0 Å². The van der Waals surface area contributed by atoms with Crippen molar-refractivity contribution in [2.24, 2.45) is 0 Å². The van der Waals surface area contributed by atoms with Gasteiger partial charge in [0.15, 0.2) is 0 Å². The summed E-state index contributed by atoms with van der Waals surface area (Å²) in [6, 6.07) is 0. The summed E-state index contributed by atoms with van der Waals surface area (Å²) < 4.78 is 22.2. The molecule has 136 valence electrons. The molecule has 0 bridgehead atoms. The molecule has 6 heteroatoms. The van der Waals surface area contributed by atoms with E-state index >= 15 is 0 Å². The minimum atomic E-state index is -0.350. The third kappa shape index (κ3) is 6.79. The number of carbonyl (C=O) groups excluding carboxylic acids is 1. The van der Waals surface area contributed by atoms with Crippen LogP contribution >= 0.6 is 0 Å². The van der Waals surface area contributed by atoms with Crippen molar-refractivity contribution in [2.45, 2.75) is 65.1 Å². The van der Waals surface area contributed by atoms with Crippen molar-refractivity contribution in [1.82, 2.24) is 0 Å². The maximum Gasteiger partial charge on any atom is 0.487 e. The molecule has 1 aliphatic rings. The van der Waals surface area contributed by atoms with Gasteiger partial charge in [0.25, 0.3) is 0 Å². The molecule has 0 radical (unpaired) electrons. The number of hydrogen-bond donors (Lipinski definition) is 0. The molecular formula is C18H31BO5. The van der Waals surface area contributed by atoms with Crippen LogP contribution in [0.2, 0.25) is 0 Å². The first-order valence-corrected chi connectivity index (χ1v) is 8.50. The van der Waals surface area contributed by atoms with E-state index in [9.17, 15) is 4.79 Å². The number of ether oxygens (including phenoxy) is 2. The molecule has 0 amide bonds. The van der Waals surface area contributed by atoms with Crippen LogP contribution in [0.4, 0.5) is 0 Å². The van der Waals surface area contributed by atoms with Crippen molar-refractivity contribution in [1.29, 1.82) is 0 Å². The summed E-state index contributed by atoms with van der Waals surface area (Å²) in [7, 11) is 1.33. The van der Waals surface area contributed by atoms with Gasteiger partial charge in [0, 0.05) is 14.0 Å². The number of rotatable bonds is 9. The summed E-state index contributed by atoms with van der Waals surface area (Å²) in [5.74, 6) is 1.77. The fourth-order valence-electron chi connectivity index (χ4n) is 2.28. The molecule has 24 heavy (non-hydrogen) atoms. The molecule has 0 aromatic heterocycles. The minimum Gasteiger partial charge on any atom is -0.466 e. The molecule has 1 rings (SSSR count). The van der Waals surface area contributed by atoms with Crippen LogP contribution in [0.5, 0.6) is 0 Å². The highest BCUT2D eigenvalue weighted by atomic mass is 16.7. The lowest BCUT2D eigenvalue weighted by atomic mass is 9.86. The van der Waals surface area contributed by atoms with Crippen molar-refractivity contribution in [3.63, 3.8) is 0 Å². The Morgan fingerprint density at radius 1 is 1.12 bits per heavy atom. The smallest absolute Gasteiger partial charge is 0.466 e. The molecule has 0 atom stereocenters. The Morgan fingerprint density at radius 2 is 1.75 bits per heavy atom. The highest BCUT2D eigenvalue weighted by Gasteiger charge is 2.50. The number of esters is 1. The van der Waals surface area contributed by atoms with Gasteiger partial charge in [0.1, 0.15) is 0 Å². The molecule has 0 aliphatic carbocycles. The SMILES string of the molecule is COC/C(=C\B1OC(C)(C)C(C)(C)O1)C/C=C/CCCOC(C)=O. The second-order valence-corrected chi connectivity index (χ2v) is 7.04. The van der Waals surface area contributed by atoms with E-state index in [0.717, 1.165) is 24.8 Å². The van der Waals surface area contributed by atoms with Gasteiger partial charge in [-0.2, -0.15) is 0 Å². The van der Waals surface area contributed by atoms with Crippen molar-refractivity contribution in [2.75, 3.05) is 20.3 Å². The quantitative estimate of drug-likeness (QED) is 0.279. The van der Waals surface area contributed by atoms with Gasteiger partial charge in [0.2, 0.25) is 0 Å². The van der Waals surface area contributed by atoms with Crippen LogP contribution < -0.4 is 0 Å². The van der Waals surface area contributed by atoms with Crippen LogP contribution in [-0.2, 0) is 23.6 Å². The summed E-state index contributed by atoms with van der Waals surface area (Å²) >= 11 is 0. The van der Waals surface area contributed by atoms with Gasteiger partial charge in [-0.1, -0.05) is 18.1 Å². The third-order valence-corrected chi connectivity index (χ3v) is 4.34. The Balaban J connectivity index is 2.48. The zero-order valence-electron chi connectivity index (χ0n) is 15.9. The Hall–Kier alpha value is -1.11. The zero-order valence-corrected chi connectivity index (χ0v) is 15.9. The first kappa shape index (κ1) is 20.9. The minimum absolute atomic E-state index is 0.230. The Labute approximate surface area is 146 Å². The average Bonchev–Trinajstić information content (AvgIpc) is 2.65. The van der Waals surface area contributed by atoms with Gasteiger partial charge in [-0.05, 0) is 52.5 Å². The average molecular weight is 338 g/mol. The summed E-state index contributed by atoms with van der Waals surface area (Å²) in [5, 5.41) is 0. The van der Waals surface area contributed by atoms with Crippen LogP contribution in [0.1, 0.15) is 53.9 Å². The summed E-state index contributed by atoms with van der Waals surface area (Å²) in [4.78, 5) is 10.7. The standard InChI is InChI=1S/C18H31BO5/c1-15(20)22-12-10-8-7-9-11-16(14-21-6)13-19-23-17(2,3)18(4,5)24-19/h7,9,13H,8,10-12,14H2,1-6H3/b9-7+,16-13-. The van der Waals surface area contributed by atoms with Crippen LogP contribution in [-0.4, -0.2) is 44.6 Å². The molecule has 0 aromatic carbocycles. The first-order valence-electron chi connectivity index (χ1n) is 8.50. The van der Waals surface area contributed by atoms with Crippen molar-refractivity contribution in [3.8, 4) is 0 Å². The van der Waals surface area contributed by atoms with Gasteiger partial charge >= 0.3 is 13.1 Å². The summed E-state index contributed by atoms with van der Waals surface area (Å²) in [6.45, 7) is 10.6. The number of unbranched alkanes of at least 4 members (excludes halogenated alkanes) is 1. The van der Waals surface area contributed by atoms with Gasteiger partial charge < -0.3 is 18.8 Å². The van der Waals surface area contributed by atoms with Crippen LogP contribution in [0.25, 0.3) is 0 Å². The van der Waals surface area contributed by atoms with E-state index < -0.39 is 0 Å². The second-order valence-electron chi connectivity index (χ2n) is 7.04. The van der Waals surface area contributed by atoms with E-state index in [1.165, 1.54) is 6.92 Å². The van der Waals surface area contributed by atoms with E-state index in [2.05, 4.69) is 12.2 Å². The molecule has 1 aliphatic heterocycles. The Morgan fingerprint density at radius 3 is 2.29 bits per heavy atom. The fourth-order valence-corrected chi connectivity index (χ4v) is 2.28. The number of carbonyl (C=O) groups is 1. The highest BCUT2D eigenvalue weighted by Crippen LogP contribution is 2.37. The highest BCUT2D eigenvalue weighted by molar-refractivity contribution is 6.51. The van der Waals surface area contributed by atoms with Crippen LogP contribution in [0, 0.1) is 0 Å². The third-order valence-electron chi connectivity index (χ3n) is 4.34. The molecule has 5 nitrogen and oxygen atoms in total. The largest absolute Gasteiger partial charge is 0.487 e. The first-order chi connectivity index (χ1) is 11.2. The number of allylic oxidation sites excluding steroid dienone is 2. The molecule has 0 aromatic rings. The maximum atomic E-state index is 10.7. The molecular weight excluding hydrogens is 307 g/mol. The Kier molecular flexibility index (Phi) is 8.20. The fraction of sp³-hybridized carbons (Fsp3) is 0.722. The number of methoxy groups -OCH3 is 1. The molecule has 0 saturated carbocycles. The van der Waals surface area contributed by atoms with Crippen molar-refractivity contribution < 1.29 is 23.6 Å². The molecule has 0 N–H and O–H groups in total. The van der Waals surface area contributed by atoms with E-state index in [0.29, 0.717) is 13.2 Å². The molecule has 1 fully saturated rings. The lowest BCUT2D eigenvalue weighted by Gasteiger charge is -2.32. The van der Waals surface area contributed by atoms with Gasteiger partial charge in [-0.3, -0.25) is 4.79 Å². The maximum absolute atomic E-state index is 10.7. The summed E-state index contributed by atoms with van der Waals surface area (Å²) in [6.07, 6.45) is 6.69. The predicted molar refractivity (Wildman–Crippen MR) is 95.7 cm³/mol. The van der Waals surface area contributed by atoms with Gasteiger partial charge in [-0.25, -0.2) is 0 Å². The number of hydrogen-bond acceptors (Lipinski definition) is 5. The van der Waals surface area contributed by atoms with Crippen molar-refractivity contribution >= 4 is 13.1 Å².